The summed E-state index contributed by atoms with van der Waals surface area (Å²) in [6.45, 7) is 3.01. The highest BCUT2D eigenvalue weighted by molar-refractivity contribution is 6.30. The molecule has 1 aliphatic heterocycles. The van der Waals surface area contributed by atoms with Crippen LogP contribution in [0.3, 0.4) is 0 Å². The molecule has 0 aliphatic carbocycles. The van der Waals surface area contributed by atoms with Crippen LogP contribution in [-0.4, -0.2) is 56.5 Å². The summed E-state index contributed by atoms with van der Waals surface area (Å²) in [5.74, 6) is -0.759. The summed E-state index contributed by atoms with van der Waals surface area (Å²) in [7, 11) is 0. The summed E-state index contributed by atoms with van der Waals surface area (Å²) in [4.78, 5) is 21.7. The van der Waals surface area contributed by atoms with Crippen molar-refractivity contribution < 1.29 is 18.0 Å². The number of carbonyl (C=O) groups excluding carboxylic acids is 1. The predicted molar refractivity (Wildman–Crippen MR) is 126 cm³/mol. The van der Waals surface area contributed by atoms with Crippen molar-refractivity contribution in [3.8, 4) is 11.3 Å². The first-order valence-electron chi connectivity index (χ1n) is 11.1. The van der Waals surface area contributed by atoms with E-state index >= 15 is 0 Å². The Morgan fingerprint density at radius 3 is 2.46 bits per heavy atom. The molecular formula is C25H21ClF3N5O. The molecule has 35 heavy (non-hydrogen) atoms. The average Bonchev–Trinajstić information content (AvgIpc) is 3.28. The van der Waals surface area contributed by atoms with Crippen LogP contribution >= 0.6 is 11.6 Å². The van der Waals surface area contributed by atoms with Crippen molar-refractivity contribution in [2.45, 2.75) is 13.0 Å². The van der Waals surface area contributed by atoms with E-state index < -0.39 is 12.2 Å². The molecule has 1 saturated heterocycles. The lowest BCUT2D eigenvalue weighted by molar-refractivity contribution is 0.0630. The second-order valence-corrected chi connectivity index (χ2v) is 8.80. The number of benzene rings is 2. The molecule has 180 valence electrons. The molecule has 0 spiro atoms. The number of alkyl halides is 2. The van der Waals surface area contributed by atoms with E-state index in [9.17, 15) is 18.0 Å². The normalized spacial score (nSPS) is 14.7. The third-order valence-electron chi connectivity index (χ3n) is 6.05. The number of carbonyl (C=O) groups is 1. The fourth-order valence-corrected chi connectivity index (χ4v) is 4.45. The number of halogens is 4. The molecule has 0 N–H and O–H groups in total. The fourth-order valence-electron chi connectivity index (χ4n) is 4.23. The lowest BCUT2D eigenvalue weighted by Gasteiger charge is -2.34. The van der Waals surface area contributed by atoms with Gasteiger partial charge >= 0.3 is 0 Å². The van der Waals surface area contributed by atoms with E-state index in [1.165, 1.54) is 36.5 Å². The van der Waals surface area contributed by atoms with Gasteiger partial charge in [0.2, 0.25) is 0 Å². The molecule has 1 aliphatic rings. The zero-order chi connectivity index (χ0) is 24.5. The van der Waals surface area contributed by atoms with Crippen LogP contribution in [-0.2, 0) is 6.54 Å². The first kappa shape index (κ1) is 23.3. The van der Waals surface area contributed by atoms with Crippen molar-refractivity contribution in [1.29, 1.82) is 0 Å². The predicted octanol–water partition coefficient (Wildman–Crippen LogP) is 5.08. The number of rotatable bonds is 5. The molecule has 0 radical (unpaired) electrons. The molecule has 6 nitrogen and oxygen atoms in total. The molecule has 4 aromatic rings. The van der Waals surface area contributed by atoms with Gasteiger partial charge in [-0.05, 0) is 48.0 Å². The Balaban J connectivity index is 1.38. The lowest BCUT2D eigenvalue weighted by atomic mass is 10.1. The van der Waals surface area contributed by atoms with Crippen molar-refractivity contribution in [3.05, 3.63) is 88.5 Å². The van der Waals surface area contributed by atoms with Crippen molar-refractivity contribution >= 4 is 23.2 Å². The van der Waals surface area contributed by atoms with Gasteiger partial charge in [0.05, 0.1) is 11.9 Å². The van der Waals surface area contributed by atoms with Gasteiger partial charge < -0.3 is 4.90 Å². The Bertz CT molecular complexity index is 1370. The lowest BCUT2D eigenvalue weighted by Crippen LogP contribution is -2.48. The minimum atomic E-state index is -2.84. The smallest absolute Gasteiger partial charge is 0.280 e. The van der Waals surface area contributed by atoms with E-state index in [-0.39, 0.29) is 28.5 Å². The minimum absolute atomic E-state index is 0.0495. The Hall–Kier alpha value is -3.43. The summed E-state index contributed by atoms with van der Waals surface area (Å²) >= 11 is 6.07. The average molecular weight is 500 g/mol. The maximum Gasteiger partial charge on any atom is 0.280 e. The monoisotopic (exact) mass is 499 g/mol. The Labute approximate surface area is 204 Å². The van der Waals surface area contributed by atoms with E-state index in [0.717, 1.165) is 16.6 Å². The zero-order valence-electron chi connectivity index (χ0n) is 18.5. The first-order chi connectivity index (χ1) is 16.9. The number of piperazine rings is 1. The second kappa shape index (κ2) is 9.67. The van der Waals surface area contributed by atoms with Crippen molar-refractivity contribution in [3.63, 3.8) is 0 Å². The zero-order valence-corrected chi connectivity index (χ0v) is 19.3. The summed E-state index contributed by atoms with van der Waals surface area (Å²) in [6, 6.07) is 14.2. The molecule has 3 heterocycles. The fraction of sp³-hybridized carbons (Fsp3) is 0.240. The number of hydrogen-bond acceptors (Lipinski definition) is 4. The minimum Gasteiger partial charge on any atom is -0.336 e. The van der Waals surface area contributed by atoms with Gasteiger partial charge in [0, 0.05) is 43.3 Å². The molecular weight excluding hydrogens is 479 g/mol. The van der Waals surface area contributed by atoms with E-state index in [1.54, 1.807) is 4.90 Å². The van der Waals surface area contributed by atoms with Crippen LogP contribution in [0.4, 0.5) is 13.2 Å². The highest BCUT2D eigenvalue weighted by atomic mass is 35.5. The van der Waals surface area contributed by atoms with E-state index in [0.29, 0.717) is 36.8 Å². The number of hydrogen-bond donors (Lipinski definition) is 0. The van der Waals surface area contributed by atoms with Gasteiger partial charge in [-0.15, -0.1) is 0 Å². The first-order valence-corrected chi connectivity index (χ1v) is 11.5. The van der Waals surface area contributed by atoms with Crippen LogP contribution < -0.4 is 0 Å². The van der Waals surface area contributed by atoms with Crippen LogP contribution in [0, 0.1) is 5.82 Å². The van der Waals surface area contributed by atoms with Crippen LogP contribution in [0.1, 0.15) is 28.0 Å². The summed E-state index contributed by atoms with van der Waals surface area (Å²) in [5.41, 5.74) is 1.59. The van der Waals surface area contributed by atoms with Crippen molar-refractivity contribution in [2.24, 2.45) is 0 Å². The third-order valence-corrected chi connectivity index (χ3v) is 6.28. The second-order valence-electron chi connectivity index (χ2n) is 8.37. The molecule has 0 unspecified atom stereocenters. The molecule has 5 rings (SSSR count). The van der Waals surface area contributed by atoms with Gasteiger partial charge in [-0.1, -0.05) is 23.7 Å². The largest absolute Gasteiger partial charge is 0.336 e. The molecule has 0 atom stereocenters. The topological polar surface area (TPSA) is 53.7 Å². The van der Waals surface area contributed by atoms with Crippen LogP contribution in [0.15, 0.2) is 60.8 Å². The molecule has 10 heteroatoms. The molecule has 2 aromatic heterocycles. The molecule has 0 bridgehead atoms. The molecule has 0 saturated carbocycles. The summed E-state index contributed by atoms with van der Waals surface area (Å²) < 4.78 is 42.0. The highest BCUT2D eigenvalue weighted by Gasteiger charge is 2.27. The molecule has 2 aromatic carbocycles. The van der Waals surface area contributed by atoms with Gasteiger partial charge in [0.25, 0.3) is 12.3 Å². The van der Waals surface area contributed by atoms with E-state index in [1.807, 2.05) is 24.3 Å². The molecule has 1 amide bonds. The van der Waals surface area contributed by atoms with Gasteiger partial charge in [0.1, 0.15) is 17.1 Å². The van der Waals surface area contributed by atoms with Crippen molar-refractivity contribution in [2.75, 3.05) is 26.2 Å². The number of aromatic nitrogens is 3. The number of nitrogens with zero attached hydrogens (tertiary/aromatic N) is 5. The number of fused-ring (bicyclic) bond motifs is 1. The summed E-state index contributed by atoms with van der Waals surface area (Å²) in [5, 5.41) is 4.71. The van der Waals surface area contributed by atoms with Crippen LogP contribution in [0.25, 0.3) is 16.9 Å². The van der Waals surface area contributed by atoms with Gasteiger partial charge in [-0.3, -0.25) is 9.69 Å². The maximum atomic E-state index is 13.8. The van der Waals surface area contributed by atoms with Gasteiger partial charge in [0.15, 0.2) is 5.65 Å². The quantitative estimate of drug-likeness (QED) is 0.384. The van der Waals surface area contributed by atoms with Crippen LogP contribution in [0.2, 0.25) is 5.02 Å². The van der Waals surface area contributed by atoms with Gasteiger partial charge in [-0.25, -0.2) is 22.7 Å². The summed E-state index contributed by atoms with van der Waals surface area (Å²) in [6.07, 6.45) is -1.55. The van der Waals surface area contributed by atoms with Crippen LogP contribution in [0.5, 0.6) is 0 Å². The Morgan fingerprint density at radius 1 is 1.03 bits per heavy atom. The highest BCUT2D eigenvalue weighted by Crippen LogP contribution is 2.27. The SMILES string of the molecule is O=C(c1cnn2c(C(F)F)cc(-c3ccc(F)cc3)nc12)N1CCN(Cc2cccc(Cl)c2)CC1. The maximum absolute atomic E-state index is 13.8. The standard InChI is InChI=1S/C25H21ClF3N5O/c26-18-3-1-2-16(12-18)15-32-8-10-33(11-9-32)25(35)20-14-30-34-22(23(28)29)13-21(31-24(20)34)17-4-6-19(27)7-5-17/h1-7,12-14,23H,8-11,15H2. The van der Waals surface area contributed by atoms with Gasteiger partial charge in [-0.2, -0.15) is 5.10 Å². The molecule has 1 fully saturated rings. The van der Waals surface area contributed by atoms with E-state index in [4.69, 9.17) is 11.6 Å². The van der Waals surface area contributed by atoms with E-state index in [2.05, 4.69) is 15.0 Å². The van der Waals surface area contributed by atoms with Crippen molar-refractivity contribution in [1.82, 2.24) is 24.4 Å². The third kappa shape index (κ3) is 4.87. The Kier molecular flexibility index (Phi) is 6.44. The number of amides is 1. The Morgan fingerprint density at radius 2 is 1.77 bits per heavy atom.